The lowest BCUT2D eigenvalue weighted by molar-refractivity contribution is 0.179. The summed E-state index contributed by atoms with van der Waals surface area (Å²) in [6.07, 6.45) is 2.73. The maximum Gasteiger partial charge on any atom is 0.223 e. The second kappa shape index (κ2) is 3.89. The summed E-state index contributed by atoms with van der Waals surface area (Å²) < 4.78 is 16.6. The zero-order valence-corrected chi connectivity index (χ0v) is 9.96. The van der Waals surface area contributed by atoms with Gasteiger partial charge in [-0.05, 0) is 42.5 Å². The Morgan fingerprint density at radius 3 is 2.72 bits per heavy atom. The first-order valence-electron chi connectivity index (χ1n) is 6.36. The molecular weight excluding hydrogens is 228 g/mol. The first-order chi connectivity index (χ1) is 8.88. The zero-order chi connectivity index (χ0) is 11.9. The van der Waals surface area contributed by atoms with Crippen LogP contribution in [-0.4, -0.2) is 19.0 Å². The molecule has 0 amide bonds. The normalized spacial score (nSPS) is 21.9. The lowest BCUT2D eigenvalue weighted by Crippen LogP contribution is -1.98. The molecule has 2 aromatic carbocycles. The minimum absolute atomic E-state index is 0.0478. The predicted octanol–water partition coefficient (Wildman–Crippen LogP) is 3.12. The standard InChI is InChI=1S/C15H14O3/c1-2-10-8-12(18-15-9-16-15)6-7-13(10)14(3-1)17-11-4-5-11/h1-3,6-8,11,15H,4-5,9H2. The van der Waals surface area contributed by atoms with Crippen molar-refractivity contribution in [3.8, 4) is 11.5 Å². The number of hydrogen-bond acceptors (Lipinski definition) is 3. The molecule has 0 spiro atoms. The second-order valence-electron chi connectivity index (χ2n) is 4.84. The number of benzene rings is 2. The van der Waals surface area contributed by atoms with Crippen molar-refractivity contribution in [3.63, 3.8) is 0 Å². The largest absolute Gasteiger partial charge is 0.490 e. The van der Waals surface area contributed by atoms with Gasteiger partial charge in [-0.3, -0.25) is 0 Å². The summed E-state index contributed by atoms with van der Waals surface area (Å²) >= 11 is 0. The maximum atomic E-state index is 5.91. The van der Waals surface area contributed by atoms with E-state index in [1.165, 1.54) is 12.8 Å². The number of fused-ring (bicyclic) bond motifs is 1. The fourth-order valence-corrected chi connectivity index (χ4v) is 2.03. The van der Waals surface area contributed by atoms with E-state index in [0.29, 0.717) is 12.7 Å². The predicted molar refractivity (Wildman–Crippen MR) is 68.0 cm³/mol. The lowest BCUT2D eigenvalue weighted by Gasteiger charge is -2.09. The van der Waals surface area contributed by atoms with Crippen LogP contribution in [0.3, 0.4) is 0 Å². The highest BCUT2D eigenvalue weighted by Crippen LogP contribution is 2.34. The van der Waals surface area contributed by atoms with Crippen LogP contribution in [0.1, 0.15) is 12.8 Å². The van der Waals surface area contributed by atoms with Crippen molar-refractivity contribution in [1.82, 2.24) is 0 Å². The van der Waals surface area contributed by atoms with E-state index in [9.17, 15) is 0 Å². The molecule has 18 heavy (non-hydrogen) atoms. The molecule has 92 valence electrons. The summed E-state index contributed by atoms with van der Waals surface area (Å²) in [6.45, 7) is 0.697. The van der Waals surface area contributed by atoms with Crippen LogP contribution < -0.4 is 9.47 Å². The smallest absolute Gasteiger partial charge is 0.223 e. The van der Waals surface area contributed by atoms with Gasteiger partial charge in [0, 0.05) is 5.39 Å². The highest BCUT2D eigenvalue weighted by atomic mass is 16.8. The third kappa shape index (κ3) is 2.02. The highest BCUT2D eigenvalue weighted by molar-refractivity contribution is 5.89. The molecule has 1 aliphatic carbocycles. The molecule has 2 aromatic rings. The van der Waals surface area contributed by atoms with Gasteiger partial charge < -0.3 is 14.2 Å². The van der Waals surface area contributed by atoms with Gasteiger partial charge in [0.1, 0.15) is 18.1 Å². The topological polar surface area (TPSA) is 31.0 Å². The van der Waals surface area contributed by atoms with Crippen molar-refractivity contribution in [3.05, 3.63) is 36.4 Å². The molecule has 0 aromatic heterocycles. The van der Waals surface area contributed by atoms with Crippen LogP contribution >= 0.6 is 0 Å². The van der Waals surface area contributed by atoms with E-state index in [0.717, 1.165) is 22.3 Å². The SMILES string of the molecule is c1cc(OC2CC2)c2ccc(OC3CO3)cc2c1. The zero-order valence-electron chi connectivity index (χ0n) is 9.96. The van der Waals surface area contributed by atoms with Gasteiger partial charge in [-0.2, -0.15) is 0 Å². The van der Waals surface area contributed by atoms with Gasteiger partial charge in [-0.25, -0.2) is 0 Å². The molecule has 1 heterocycles. The summed E-state index contributed by atoms with van der Waals surface area (Å²) in [7, 11) is 0. The molecule has 4 rings (SSSR count). The van der Waals surface area contributed by atoms with E-state index >= 15 is 0 Å². The Kier molecular flexibility index (Phi) is 2.20. The molecule has 0 radical (unpaired) electrons. The van der Waals surface area contributed by atoms with Gasteiger partial charge in [-0.15, -0.1) is 0 Å². The van der Waals surface area contributed by atoms with Crippen molar-refractivity contribution >= 4 is 10.8 Å². The van der Waals surface area contributed by atoms with Crippen molar-refractivity contribution in [2.45, 2.75) is 25.2 Å². The Morgan fingerprint density at radius 2 is 1.94 bits per heavy atom. The molecule has 1 aliphatic heterocycles. The number of hydrogen-bond donors (Lipinski definition) is 0. The molecule has 1 saturated heterocycles. The van der Waals surface area contributed by atoms with E-state index < -0.39 is 0 Å². The fourth-order valence-electron chi connectivity index (χ4n) is 2.03. The van der Waals surface area contributed by atoms with Crippen LogP contribution in [0.2, 0.25) is 0 Å². The average Bonchev–Trinajstić information content (AvgIpc) is 3.25. The summed E-state index contributed by atoms with van der Waals surface area (Å²) in [4.78, 5) is 0. The summed E-state index contributed by atoms with van der Waals surface area (Å²) in [5.74, 6) is 1.83. The number of rotatable bonds is 4. The quantitative estimate of drug-likeness (QED) is 0.772. The van der Waals surface area contributed by atoms with E-state index in [1.807, 2.05) is 24.3 Å². The molecule has 1 unspecified atom stereocenters. The summed E-state index contributed by atoms with van der Waals surface area (Å²) in [5.41, 5.74) is 0. The van der Waals surface area contributed by atoms with Crippen molar-refractivity contribution in [1.29, 1.82) is 0 Å². The van der Waals surface area contributed by atoms with Gasteiger partial charge >= 0.3 is 0 Å². The Morgan fingerprint density at radius 1 is 1.06 bits per heavy atom. The van der Waals surface area contributed by atoms with E-state index in [2.05, 4.69) is 12.1 Å². The van der Waals surface area contributed by atoms with Crippen LogP contribution in [0.15, 0.2) is 36.4 Å². The van der Waals surface area contributed by atoms with Crippen LogP contribution in [-0.2, 0) is 4.74 Å². The molecule has 0 bridgehead atoms. The van der Waals surface area contributed by atoms with E-state index in [4.69, 9.17) is 14.2 Å². The third-order valence-electron chi connectivity index (χ3n) is 3.20. The van der Waals surface area contributed by atoms with Gasteiger partial charge in [-0.1, -0.05) is 12.1 Å². The van der Waals surface area contributed by atoms with Gasteiger partial charge in [0.2, 0.25) is 6.29 Å². The molecule has 3 nitrogen and oxygen atoms in total. The monoisotopic (exact) mass is 242 g/mol. The third-order valence-corrected chi connectivity index (χ3v) is 3.20. The minimum Gasteiger partial charge on any atom is -0.490 e. The van der Waals surface area contributed by atoms with E-state index in [1.54, 1.807) is 0 Å². The molecule has 1 atom stereocenters. The lowest BCUT2D eigenvalue weighted by atomic mass is 10.1. The second-order valence-corrected chi connectivity index (χ2v) is 4.84. The van der Waals surface area contributed by atoms with Gasteiger partial charge in [0.25, 0.3) is 0 Å². The molecule has 2 aliphatic rings. The van der Waals surface area contributed by atoms with Crippen molar-refractivity contribution in [2.24, 2.45) is 0 Å². The molecule has 0 N–H and O–H groups in total. The van der Waals surface area contributed by atoms with Crippen molar-refractivity contribution in [2.75, 3.05) is 6.61 Å². The summed E-state index contributed by atoms with van der Waals surface area (Å²) in [5, 5.41) is 2.29. The number of epoxide rings is 1. The fraction of sp³-hybridized carbons (Fsp3) is 0.333. The maximum absolute atomic E-state index is 5.91. The van der Waals surface area contributed by atoms with Crippen LogP contribution in [0.5, 0.6) is 11.5 Å². The Labute approximate surface area is 105 Å². The van der Waals surface area contributed by atoms with Crippen LogP contribution in [0, 0.1) is 0 Å². The Balaban J connectivity index is 1.69. The van der Waals surface area contributed by atoms with E-state index in [-0.39, 0.29) is 6.29 Å². The number of ether oxygens (including phenoxy) is 3. The minimum atomic E-state index is -0.0478. The molecular formula is C15H14O3. The van der Waals surface area contributed by atoms with Gasteiger partial charge in [0.05, 0.1) is 6.10 Å². The highest BCUT2D eigenvalue weighted by Gasteiger charge is 2.25. The Bertz CT molecular complexity index is 585. The average molecular weight is 242 g/mol. The summed E-state index contributed by atoms with van der Waals surface area (Å²) in [6, 6.07) is 12.2. The van der Waals surface area contributed by atoms with Crippen molar-refractivity contribution < 1.29 is 14.2 Å². The van der Waals surface area contributed by atoms with Gasteiger partial charge in [0.15, 0.2) is 0 Å². The molecule has 2 fully saturated rings. The van der Waals surface area contributed by atoms with Crippen LogP contribution in [0.25, 0.3) is 10.8 Å². The van der Waals surface area contributed by atoms with Crippen LogP contribution in [0.4, 0.5) is 0 Å². The molecule has 3 heteroatoms. The first kappa shape index (κ1) is 10.2. The molecule has 1 saturated carbocycles. The Hall–Kier alpha value is -1.74. The first-order valence-corrected chi connectivity index (χ1v) is 6.36.